The molecule has 1 aromatic heterocycles. The summed E-state index contributed by atoms with van der Waals surface area (Å²) in [6, 6.07) is 1.78. The molecular weight excluding hydrogens is 342 g/mol. The quantitative estimate of drug-likeness (QED) is 0.711. The lowest BCUT2D eigenvalue weighted by Gasteiger charge is -2.23. The number of carbonyl (C=O) groups excluding carboxylic acids is 2. The van der Waals surface area contributed by atoms with E-state index in [1.54, 1.807) is 19.9 Å². The summed E-state index contributed by atoms with van der Waals surface area (Å²) in [5.74, 6) is -0.691. The molecule has 6 nitrogen and oxygen atoms in total. The second-order valence-electron chi connectivity index (χ2n) is 5.98. The summed E-state index contributed by atoms with van der Waals surface area (Å²) in [6.45, 7) is 6.92. The molecular formula is C18H27NO5S. The fourth-order valence-corrected chi connectivity index (χ4v) is 3.54. The van der Waals surface area contributed by atoms with Crippen molar-refractivity contribution in [1.29, 1.82) is 0 Å². The Kier molecular flexibility index (Phi) is 7.87. The average molecular weight is 369 g/mol. The van der Waals surface area contributed by atoms with E-state index in [-0.39, 0.29) is 12.0 Å². The van der Waals surface area contributed by atoms with Gasteiger partial charge in [-0.05, 0) is 45.6 Å². The first-order chi connectivity index (χ1) is 12.0. The van der Waals surface area contributed by atoms with E-state index in [2.05, 4.69) is 5.32 Å². The van der Waals surface area contributed by atoms with Crippen LogP contribution in [0.5, 0.6) is 0 Å². The van der Waals surface area contributed by atoms with Gasteiger partial charge in [0, 0.05) is 11.5 Å². The van der Waals surface area contributed by atoms with Gasteiger partial charge in [-0.15, -0.1) is 11.3 Å². The number of thiophene rings is 1. The van der Waals surface area contributed by atoms with Gasteiger partial charge in [-0.3, -0.25) is 4.79 Å². The summed E-state index contributed by atoms with van der Waals surface area (Å²) in [4.78, 5) is 25.5. The minimum atomic E-state index is -0.618. The van der Waals surface area contributed by atoms with E-state index in [0.29, 0.717) is 23.8 Å². The average Bonchev–Trinajstić information content (AvgIpc) is 3.03. The molecule has 1 saturated heterocycles. The minimum absolute atomic E-state index is 0.0625. The first kappa shape index (κ1) is 19.9. The van der Waals surface area contributed by atoms with Crippen LogP contribution in [0.3, 0.4) is 0 Å². The van der Waals surface area contributed by atoms with Crippen molar-refractivity contribution >= 4 is 28.2 Å². The van der Waals surface area contributed by atoms with Crippen molar-refractivity contribution in [2.75, 3.05) is 25.1 Å². The van der Waals surface area contributed by atoms with Crippen LogP contribution in [0.2, 0.25) is 0 Å². The van der Waals surface area contributed by atoms with E-state index in [1.165, 1.54) is 11.3 Å². The highest BCUT2D eigenvalue weighted by molar-refractivity contribution is 7.16. The van der Waals surface area contributed by atoms with E-state index in [9.17, 15) is 9.59 Å². The minimum Gasteiger partial charge on any atom is -0.462 e. The van der Waals surface area contributed by atoms with Gasteiger partial charge in [-0.2, -0.15) is 0 Å². The van der Waals surface area contributed by atoms with Gasteiger partial charge < -0.3 is 19.5 Å². The Labute approximate surface area is 152 Å². The maximum atomic E-state index is 12.4. The predicted molar refractivity (Wildman–Crippen MR) is 97.3 cm³/mol. The van der Waals surface area contributed by atoms with E-state index >= 15 is 0 Å². The Bertz CT molecular complexity index is 580. The van der Waals surface area contributed by atoms with Crippen LogP contribution in [-0.2, 0) is 25.4 Å². The molecule has 7 heteroatoms. The Morgan fingerprint density at radius 2 is 2.20 bits per heavy atom. The Balaban J connectivity index is 1.93. The number of hydrogen-bond donors (Lipinski definition) is 1. The molecule has 2 atom stereocenters. The third-order valence-electron chi connectivity index (χ3n) is 4.04. The fraction of sp³-hybridized carbons (Fsp3) is 0.667. The summed E-state index contributed by atoms with van der Waals surface area (Å²) in [5.41, 5.74) is 0.403. The van der Waals surface area contributed by atoms with Gasteiger partial charge in [-0.1, -0.05) is 6.92 Å². The van der Waals surface area contributed by atoms with Gasteiger partial charge in [0.2, 0.25) is 0 Å². The van der Waals surface area contributed by atoms with Gasteiger partial charge in [0.25, 0.3) is 5.91 Å². The van der Waals surface area contributed by atoms with Crippen molar-refractivity contribution in [1.82, 2.24) is 0 Å². The molecule has 1 amide bonds. The number of esters is 1. The largest absolute Gasteiger partial charge is 0.462 e. The summed E-state index contributed by atoms with van der Waals surface area (Å²) in [7, 11) is 0. The molecule has 140 valence electrons. The molecule has 2 heterocycles. The number of anilines is 1. The maximum Gasteiger partial charge on any atom is 0.341 e. The lowest BCUT2D eigenvalue weighted by Crippen LogP contribution is -2.32. The van der Waals surface area contributed by atoms with Crippen LogP contribution < -0.4 is 5.32 Å². The van der Waals surface area contributed by atoms with Crippen LogP contribution in [0.15, 0.2) is 6.07 Å². The van der Waals surface area contributed by atoms with Crippen molar-refractivity contribution in [2.45, 2.75) is 58.7 Å². The molecule has 0 radical (unpaired) electrons. The zero-order valence-electron chi connectivity index (χ0n) is 15.1. The third kappa shape index (κ3) is 5.80. The molecule has 1 fully saturated rings. The van der Waals surface area contributed by atoms with Gasteiger partial charge in [0.1, 0.15) is 11.1 Å². The highest BCUT2D eigenvalue weighted by Crippen LogP contribution is 2.29. The Morgan fingerprint density at radius 1 is 1.40 bits per heavy atom. The zero-order valence-corrected chi connectivity index (χ0v) is 15.9. The second kappa shape index (κ2) is 9.89. The van der Waals surface area contributed by atoms with Gasteiger partial charge >= 0.3 is 5.97 Å². The number of carbonyl (C=O) groups is 2. The topological polar surface area (TPSA) is 73.9 Å². The van der Waals surface area contributed by atoms with E-state index in [1.807, 2.05) is 6.92 Å². The standard InChI is InChI=1S/C18H27NO5S/c1-4-14-10-15(18(21)22-5-2)17(25-14)19-16(20)12(3)24-11-13-8-6-7-9-23-13/h10,12-13H,4-9,11H2,1-3H3,(H,19,20). The Hall–Kier alpha value is -1.44. The fourth-order valence-electron chi connectivity index (χ4n) is 2.55. The van der Waals surface area contributed by atoms with E-state index in [4.69, 9.17) is 14.2 Å². The highest BCUT2D eigenvalue weighted by Gasteiger charge is 2.23. The van der Waals surface area contributed by atoms with Crippen LogP contribution >= 0.6 is 11.3 Å². The first-order valence-corrected chi connectivity index (χ1v) is 9.70. The number of aryl methyl sites for hydroxylation is 1. The zero-order chi connectivity index (χ0) is 18.2. The highest BCUT2D eigenvalue weighted by atomic mass is 32.1. The molecule has 2 rings (SSSR count). The number of nitrogens with one attached hydrogen (secondary N) is 1. The normalized spacial score (nSPS) is 18.6. The van der Waals surface area contributed by atoms with Crippen molar-refractivity contribution < 1.29 is 23.8 Å². The SMILES string of the molecule is CCOC(=O)c1cc(CC)sc1NC(=O)C(C)OCC1CCCCO1. The summed E-state index contributed by atoms with van der Waals surface area (Å²) in [5, 5.41) is 3.32. The number of rotatable bonds is 8. The number of hydrogen-bond acceptors (Lipinski definition) is 6. The summed E-state index contributed by atoms with van der Waals surface area (Å²) >= 11 is 1.39. The van der Waals surface area contributed by atoms with Crippen LogP contribution in [-0.4, -0.2) is 43.9 Å². The molecule has 0 spiro atoms. The van der Waals surface area contributed by atoms with Gasteiger partial charge in [-0.25, -0.2) is 4.79 Å². The first-order valence-electron chi connectivity index (χ1n) is 8.89. The predicted octanol–water partition coefficient (Wildman–Crippen LogP) is 3.40. The molecule has 25 heavy (non-hydrogen) atoms. The maximum absolute atomic E-state index is 12.4. The lowest BCUT2D eigenvalue weighted by atomic mass is 10.1. The molecule has 0 aliphatic carbocycles. The summed E-state index contributed by atoms with van der Waals surface area (Å²) < 4.78 is 16.3. The van der Waals surface area contributed by atoms with Gasteiger partial charge in [0.05, 0.1) is 24.9 Å². The molecule has 0 aromatic carbocycles. The lowest BCUT2D eigenvalue weighted by molar-refractivity contribution is -0.130. The number of amides is 1. The smallest absolute Gasteiger partial charge is 0.341 e. The van der Waals surface area contributed by atoms with Crippen molar-refractivity contribution in [3.8, 4) is 0 Å². The van der Waals surface area contributed by atoms with Crippen molar-refractivity contribution in [3.05, 3.63) is 16.5 Å². The molecule has 0 saturated carbocycles. The van der Waals surface area contributed by atoms with Crippen LogP contribution in [0, 0.1) is 0 Å². The molecule has 1 aliphatic rings. The van der Waals surface area contributed by atoms with E-state index in [0.717, 1.165) is 37.2 Å². The van der Waals surface area contributed by atoms with Gasteiger partial charge in [0.15, 0.2) is 0 Å². The molecule has 1 N–H and O–H groups in total. The van der Waals surface area contributed by atoms with Crippen molar-refractivity contribution in [2.24, 2.45) is 0 Å². The monoisotopic (exact) mass is 369 g/mol. The molecule has 1 aliphatic heterocycles. The molecule has 2 unspecified atom stereocenters. The van der Waals surface area contributed by atoms with Crippen LogP contribution in [0.1, 0.15) is 55.3 Å². The van der Waals surface area contributed by atoms with E-state index < -0.39 is 12.1 Å². The van der Waals surface area contributed by atoms with Crippen LogP contribution in [0.25, 0.3) is 0 Å². The van der Waals surface area contributed by atoms with Crippen molar-refractivity contribution in [3.63, 3.8) is 0 Å². The molecule has 1 aromatic rings. The van der Waals surface area contributed by atoms with Crippen LogP contribution in [0.4, 0.5) is 5.00 Å². The second-order valence-corrected chi connectivity index (χ2v) is 7.12. The number of ether oxygens (including phenoxy) is 3. The Morgan fingerprint density at radius 3 is 2.84 bits per heavy atom. The summed E-state index contributed by atoms with van der Waals surface area (Å²) in [6.07, 6.45) is 3.41. The third-order valence-corrected chi connectivity index (χ3v) is 5.23. The molecule has 0 bridgehead atoms.